The molecule has 0 bridgehead atoms. The Morgan fingerprint density at radius 3 is 3.18 bits per heavy atom. The van der Waals surface area contributed by atoms with Crippen molar-refractivity contribution >= 4 is 39.5 Å². The monoisotopic (exact) mass is 260 g/mol. The van der Waals surface area contributed by atoms with E-state index in [1.54, 1.807) is 6.20 Å². The SMILES string of the molecule is INc1ccc2cnoc2c1. The Labute approximate surface area is 77.2 Å². The van der Waals surface area contributed by atoms with Gasteiger partial charge in [0.1, 0.15) is 0 Å². The van der Waals surface area contributed by atoms with Crippen LogP contribution in [0.2, 0.25) is 0 Å². The van der Waals surface area contributed by atoms with Crippen LogP contribution in [0.15, 0.2) is 28.9 Å². The van der Waals surface area contributed by atoms with Crippen molar-refractivity contribution in [2.45, 2.75) is 0 Å². The second-order valence-corrected chi connectivity index (χ2v) is 2.71. The van der Waals surface area contributed by atoms with E-state index in [1.165, 1.54) is 0 Å². The van der Waals surface area contributed by atoms with E-state index in [-0.39, 0.29) is 0 Å². The van der Waals surface area contributed by atoms with E-state index >= 15 is 0 Å². The van der Waals surface area contributed by atoms with Crippen LogP contribution in [0.1, 0.15) is 0 Å². The summed E-state index contributed by atoms with van der Waals surface area (Å²) >= 11 is 2.07. The molecular formula is C7H5IN2O. The summed E-state index contributed by atoms with van der Waals surface area (Å²) in [7, 11) is 0. The maximum absolute atomic E-state index is 4.97. The molecule has 0 spiro atoms. The lowest BCUT2D eigenvalue weighted by Gasteiger charge is -1.94. The standard InChI is InChI=1S/C7H5IN2O/c8-10-6-2-1-5-4-9-11-7(5)3-6/h1-4,10H. The normalized spacial score (nSPS) is 10.3. The Kier molecular flexibility index (Phi) is 1.69. The first-order valence-electron chi connectivity index (χ1n) is 3.11. The molecule has 0 saturated carbocycles. The molecule has 4 heteroatoms. The zero-order chi connectivity index (χ0) is 7.68. The zero-order valence-electron chi connectivity index (χ0n) is 5.54. The van der Waals surface area contributed by atoms with Gasteiger partial charge in [0.2, 0.25) is 0 Å². The number of nitrogens with zero attached hydrogens (tertiary/aromatic N) is 1. The Morgan fingerprint density at radius 1 is 1.45 bits per heavy atom. The van der Waals surface area contributed by atoms with E-state index in [1.807, 2.05) is 18.2 Å². The van der Waals surface area contributed by atoms with Gasteiger partial charge in [-0.3, -0.25) is 0 Å². The van der Waals surface area contributed by atoms with Crippen LogP contribution in [0.4, 0.5) is 5.69 Å². The smallest absolute Gasteiger partial charge is 0.168 e. The lowest BCUT2D eigenvalue weighted by atomic mass is 10.2. The van der Waals surface area contributed by atoms with E-state index in [2.05, 4.69) is 31.6 Å². The van der Waals surface area contributed by atoms with Gasteiger partial charge >= 0.3 is 0 Å². The van der Waals surface area contributed by atoms with Crippen LogP contribution in [-0.4, -0.2) is 5.16 Å². The molecule has 2 rings (SSSR count). The van der Waals surface area contributed by atoms with Crippen molar-refractivity contribution in [3.8, 4) is 0 Å². The van der Waals surface area contributed by atoms with Gasteiger partial charge < -0.3 is 8.05 Å². The molecule has 0 amide bonds. The number of hydrogen-bond acceptors (Lipinski definition) is 3. The molecule has 2 aromatic rings. The molecule has 0 aliphatic heterocycles. The van der Waals surface area contributed by atoms with Crippen molar-refractivity contribution < 1.29 is 4.52 Å². The largest absolute Gasteiger partial charge is 0.356 e. The second kappa shape index (κ2) is 2.69. The third-order valence-corrected chi connectivity index (χ3v) is 2.09. The molecule has 1 aromatic carbocycles. The summed E-state index contributed by atoms with van der Waals surface area (Å²) in [6, 6.07) is 5.85. The van der Waals surface area contributed by atoms with Crippen LogP contribution in [-0.2, 0) is 0 Å². The summed E-state index contributed by atoms with van der Waals surface area (Å²) in [6.07, 6.45) is 1.70. The minimum atomic E-state index is 0.812. The van der Waals surface area contributed by atoms with Crippen molar-refractivity contribution in [1.82, 2.24) is 5.16 Å². The number of fused-ring (bicyclic) bond motifs is 1. The number of nitrogens with one attached hydrogen (secondary N) is 1. The first kappa shape index (κ1) is 6.90. The van der Waals surface area contributed by atoms with Crippen molar-refractivity contribution in [2.75, 3.05) is 3.53 Å². The van der Waals surface area contributed by atoms with E-state index in [4.69, 9.17) is 4.52 Å². The third-order valence-electron chi connectivity index (χ3n) is 1.47. The number of aromatic nitrogens is 1. The highest BCUT2D eigenvalue weighted by Gasteiger charge is 1.97. The van der Waals surface area contributed by atoms with Gasteiger partial charge in [-0.05, 0) is 12.1 Å². The van der Waals surface area contributed by atoms with Gasteiger partial charge in [0.25, 0.3) is 0 Å². The summed E-state index contributed by atoms with van der Waals surface area (Å²) in [5.74, 6) is 0. The van der Waals surface area contributed by atoms with Crippen LogP contribution < -0.4 is 3.53 Å². The molecule has 0 radical (unpaired) electrons. The van der Waals surface area contributed by atoms with Crippen molar-refractivity contribution in [2.24, 2.45) is 0 Å². The quantitative estimate of drug-likeness (QED) is 0.632. The van der Waals surface area contributed by atoms with Gasteiger partial charge in [-0.15, -0.1) is 0 Å². The summed E-state index contributed by atoms with van der Waals surface area (Å²) < 4.78 is 7.96. The van der Waals surface area contributed by atoms with E-state index in [9.17, 15) is 0 Å². The molecule has 0 fully saturated rings. The average molecular weight is 260 g/mol. The summed E-state index contributed by atoms with van der Waals surface area (Å²) in [5, 5.41) is 4.70. The number of hydrogen-bond donors (Lipinski definition) is 1. The van der Waals surface area contributed by atoms with Gasteiger partial charge in [0.05, 0.1) is 29.1 Å². The molecule has 3 nitrogen and oxygen atoms in total. The zero-order valence-corrected chi connectivity index (χ0v) is 7.70. The summed E-state index contributed by atoms with van der Waals surface area (Å²) in [5.41, 5.74) is 1.83. The predicted octanol–water partition coefficient (Wildman–Crippen LogP) is 2.59. The second-order valence-electron chi connectivity index (χ2n) is 2.17. The molecule has 1 heterocycles. The van der Waals surface area contributed by atoms with E-state index < -0.39 is 0 Å². The van der Waals surface area contributed by atoms with Crippen LogP contribution in [0.3, 0.4) is 0 Å². The molecule has 0 atom stereocenters. The Balaban J connectivity index is 2.67. The first-order valence-corrected chi connectivity index (χ1v) is 4.19. The van der Waals surface area contributed by atoms with Crippen molar-refractivity contribution in [3.05, 3.63) is 24.4 Å². The molecule has 0 aliphatic rings. The third kappa shape index (κ3) is 1.18. The lowest BCUT2D eigenvalue weighted by Crippen LogP contribution is -1.76. The van der Waals surface area contributed by atoms with Crippen molar-refractivity contribution in [1.29, 1.82) is 0 Å². The summed E-state index contributed by atoms with van der Waals surface area (Å²) in [4.78, 5) is 0. The van der Waals surface area contributed by atoms with Crippen LogP contribution in [0, 0.1) is 0 Å². The average Bonchev–Trinajstić information content (AvgIpc) is 2.50. The lowest BCUT2D eigenvalue weighted by molar-refractivity contribution is 0.456. The Bertz CT molecular complexity index is 371. The van der Waals surface area contributed by atoms with Crippen LogP contribution in [0.5, 0.6) is 0 Å². The number of anilines is 1. The fraction of sp³-hybridized carbons (Fsp3) is 0. The van der Waals surface area contributed by atoms with Gasteiger partial charge in [0, 0.05) is 17.1 Å². The number of rotatable bonds is 1. The highest BCUT2D eigenvalue weighted by Crippen LogP contribution is 2.18. The fourth-order valence-corrected chi connectivity index (χ4v) is 1.25. The van der Waals surface area contributed by atoms with Gasteiger partial charge in [-0.2, -0.15) is 0 Å². The van der Waals surface area contributed by atoms with Gasteiger partial charge in [-0.25, -0.2) is 0 Å². The molecule has 56 valence electrons. The van der Waals surface area contributed by atoms with Crippen LogP contribution >= 0.6 is 22.9 Å². The topological polar surface area (TPSA) is 38.1 Å². The highest BCUT2D eigenvalue weighted by atomic mass is 127. The summed E-state index contributed by atoms with van der Waals surface area (Å²) in [6.45, 7) is 0. The fourth-order valence-electron chi connectivity index (χ4n) is 0.919. The van der Waals surface area contributed by atoms with Gasteiger partial charge in [0.15, 0.2) is 5.58 Å². The predicted molar refractivity (Wildman–Crippen MR) is 51.7 cm³/mol. The maximum atomic E-state index is 4.97. The molecule has 0 unspecified atom stereocenters. The molecular weight excluding hydrogens is 255 g/mol. The Hall–Kier alpha value is -0.780. The minimum absolute atomic E-state index is 0.812. The number of benzene rings is 1. The molecule has 1 aromatic heterocycles. The van der Waals surface area contributed by atoms with Gasteiger partial charge in [-0.1, -0.05) is 5.16 Å². The first-order chi connectivity index (χ1) is 5.40. The number of halogens is 1. The van der Waals surface area contributed by atoms with E-state index in [0.717, 1.165) is 16.7 Å². The van der Waals surface area contributed by atoms with Crippen LogP contribution in [0.25, 0.3) is 11.0 Å². The Morgan fingerprint density at radius 2 is 2.36 bits per heavy atom. The highest BCUT2D eigenvalue weighted by molar-refractivity contribution is 14.1. The molecule has 11 heavy (non-hydrogen) atoms. The van der Waals surface area contributed by atoms with E-state index in [0.29, 0.717) is 0 Å². The minimum Gasteiger partial charge on any atom is -0.356 e. The molecule has 0 aliphatic carbocycles. The molecule has 0 saturated heterocycles. The maximum Gasteiger partial charge on any atom is 0.168 e. The van der Waals surface area contributed by atoms with Crippen molar-refractivity contribution in [3.63, 3.8) is 0 Å². The molecule has 1 N–H and O–H groups in total.